The number of aromatic nitrogens is 1. The van der Waals surface area contributed by atoms with Gasteiger partial charge in [-0.15, -0.1) is 11.3 Å². The first kappa shape index (κ1) is 24.4. The fourth-order valence-electron chi connectivity index (χ4n) is 6.54. The number of rotatable bonds is 4. The lowest BCUT2D eigenvalue weighted by atomic mass is 9.93. The first-order chi connectivity index (χ1) is 21.3. The second-order valence-corrected chi connectivity index (χ2v) is 12.2. The van der Waals surface area contributed by atoms with E-state index >= 15 is 0 Å². The summed E-state index contributed by atoms with van der Waals surface area (Å²) >= 11 is 1.83. The van der Waals surface area contributed by atoms with Gasteiger partial charge in [0.1, 0.15) is 5.58 Å². The molecule has 0 N–H and O–H groups in total. The van der Waals surface area contributed by atoms with E-state index in [2.05, 4.69) is 132 Å². The first-order valence-corrected chi connectivity index (χ1v) is 15.5. The average molecular weight is 571 g/mol. The number of nitrogens with zero attached hydrogens (tertiary/aromatic N) is 2. The fraction of sp³-hybridized carbons (Fsp3) is 0.0513. The highest BCUT2D eigenvalue weighted by atomic mass is 32.1. The lowest BCUT2D eigenvalue weighted by Gasteiger charge is -2.24. The number of fused-ring (bicyclic) bond motifs is 8. The number of hydrogen-bond donors (Lipinski definition) is 0. The van der Waals surface area contributed by atoms with Crippen LogP contribution >= 0.6 is 11.3 Å². The van der Waals surface area contributed by atoms with Crippen molar-refractivity contribution in [2.75, 3.05) is 4.90 Å². The Morgan fingerprint density at radius 1 is 0.674 bits per heavy atom. The van der Waals surface area contributed by atoms with Crippen LogP contribution in [0.3, 0.4) is 0 Å². The zero-order valence-electron chi connectivity index (χ0n) is 23.3. The van der Waals surface area contributed by atoms with E-state index in [0.29, 0.717) is 0 Å². The topological polar surface area (TPSA) is 29.3 Å². The summed E-state index contributed by atoms with van der Waals surface area (Å²) in [6, 6.07) is 41.1. The van der Waals surface area contributed by atoms with Crippen LogP contribution in [0.1, 0.15) is 17.5 Å². The highest BCUT2D eigenvalue weighted by Gasteiger charge is 2.23. The van der Waals surface area contributed by atoms with E-state index in [1.165, 1.54) is 47.8 Å². The minimum Gasteiger partial charge on any atom is -0.452 e. The van der Waals surface area contributed by atoms with Crippen LogP contribution in [-0.2, 0) is 6.42 Å². The van der Waals surface area contributed by atoms with E-state index in [9.17, 15) is 0 Å². The number of hydrogen-bond acceptors (Lipinski definition) is 4. The molecule has 3 heterocycles. The Hall–Kier alpha value is -5.19. The van der Waals surface area contributed by atoms with Gasteiger partial charge in [0.05, 0.1) is 0 Å². The smallest absolute Gasteiger partial charge is 0.181 e. The molecule has 3 nitrogen and oxygen atoms in total. The number of furan rings is 1. The van der Waals surface area contributed by atoms with Crippen molar-refractivity contribution in [3.63, 3.8) is 0 Å². The standard InChI is InChI=1S/C39H26N2OS/c1-2-8-25(9-3-1)26-14-17-28(18-15-26)41(29-19-21-36-33(24-29)31-12-6-7-13-35(31)43-36)39-38-32(22-23-40-39)37-30-11-5-4-10-27(30)16-20-34(37)42-38/h1-3,5-9,11-24H,4,10H2. The third-order valence-electron chi connectivity index (χ3n) is 8.59. The Bertz CT molecular complexity index is 2350. The van der Waals surface area contributed by atoms with E-state index in [0.717, 1.165) is 46.6 Å². The number of pyridine rings is 1. The molecular weight excluding hydrogens is 545 g/mol. The van der Waals surface area contributed by atoms with E-state index in [-0.39, 0.29) is 0 Å². The van der Waals surface area contributed by atoms with Crippen LogP contribution in [0.4, 0.5) is 17.2 Å². The molecule has 204 valence electrons. The minimum absolute atomic E-state index is 0.786. The third kappa shape index (κ3) is 3.91. The van der Waals surface area contributed by atoms with Gasteiger partial charge in [-0.25, -0.2) is 4.98 Å². The summed E-state index contributed by atoms with van der Waals surface area (Å²) in [5.41, 5.74) is 8.79. The fourth-order valence-corrected chi connectivity index (χ4v) is 7.62. The van der Waals surface area contributed by atoms with E-state index in [4.69, 9.17) is 9.40 Å². The molecule has 0 amide bonds. The molecule has 5 aromatic carbocycles. The summed E-state index contributed by atoms with van der Waals surface area (Å²) in [4.78, 5) is 7.24. The summed E-state index contributed by atoms with van der Waals surface area (Å²) in [6.07, 6.45) is 8.58. The lowest BCUT2D eigenvalue weighted by molar-refractivity contribution is 0.667. The molecule has 4 heteroatoms. The average Bonchev–Trinajstić information content (AvgIpc) is 3.65. The predicted octanol–water partition coefficient (Wildman–Crippen LogP) is 11.4. The maximum atomic E-state index is 6.67. The van der Waals surface area contributed by atoms with E-state index in [1.54, 1.807) is 0 Å². The highest BCUT2D eigenvalue weighted by molar-refractivity contribution is 7.25. The van der Waals surface area contributed by atoms with Crippen molar-refractivity contribution in [3.8, 4) is 11.1 Å². The first-order valence-electron chi connectivity index (χ1n) is 14.7. The Labute approximate surface area is 253 Å². The molecule has 0 bridgehead atoms. The maximum Gasteiger partial charge on any atom is 0.181 e. The molecule has 0 atom stereocenters. The molecule has 0 unspecified atom stereocenters. The van der Waals surface area contributed by atoms with Crippen molar-refractivity contribution in [2.24, 2.45) is 0 Å². The molecule has 0 saturated carbocycles. The largest absolute Gasteiger partial charge is 0.452 e. The van der Waals surface area contributed by atoms with Gasteiger partial charge >= 0.3 is 0 Å². The SMILES string of the molecule is C1=Cc2c(ccc3oc4c(N(c5ccc(-c6ccccc6)cc5)c5ccc6sc7ccccc7c6c5)nccc4c23)CC1. The zero-order chi connectivity index (χ0) is 28.3. The molecule has 0 fully saturated rings. The van der Waals surface area contributed by atoms with Crippen molar-refractivity contribution in [3.05, 3.63) is 139 Å². The zero-order valence-corrected chi connectivity index (χ0v) is 24.1. The Morgan fingerprint density at radius 3 is 2.37 bits per heavy atom. The molecule has 0 saturated heterocycles. The Kier molecular flexibility index (Phi) is 5.50. The van der Waals surface area contributed by atoms with Crippen LogP contribution in [-0.4, -0.2) is 4.98 Å². The summed E-state index contributed by atoms with van der Waals surface area (Å²) in [6.45, 7) is 0. The highest BCUT2D eigenvalue weighted by Crippen LogP contribution is 2.45. The summed E-state index contributed by atoms with van der Waals surface area (Å²) in [5.74, 6) is 0.786. The molecule has 8 aromatic rings. The number of anilines is 3. The van der Waals surface area contributed by atoms with Crippen LogP contribution in [0.15, 0.2) is 132 Å². The monoisotopic (exact) mass is 570 g/mol. The van der Waals surface area contributed by atoms with Crippen LogP contribution in [0.25, 0.3) is 59.3 Å². The van der Waals surface area contributed by atoms with Crippen LogP contribution in [0.5, 0.6) is 0 Å². The van der Waals surface area contributed by atoms with Gasteiger partial charge < -0.3 is 4.42 Å². The summed E-state index contributed by atoms with van der Waals surface area (Å²) < 4.78 is 9.24. The van der Waals surface area contributed by atoms with E-state index < -0.39 is 0 Å². The molecule has 9 rings (SSSR count). The predicted molar refractivity (Wildman–Crippen MR) is 182 cm³/mol. The molecule has 3 aromatic heterocycles. The van der Waals surface area contributed by atoms with Gasteiger partial charge in [0.25, 0.3) is 0 Å². The van der Waals surface area contributed by atoms with Crippen molar-refractivity contribution in [1.82, 2.24) is 4.98 Å². The lowest BCUT2D eigenvalue weighted by Crippen LogP contribution is -2.11. The van der Waals surface area contributed by atoms with Gasteiger partial charge in [-0.1, -0.05) is 78.9 Å². The van der Waals surface area contributed by atoms with Crippen molar-refractivity contribution in [1.29, 1.82) is 0 Å². The van der Waals surface area contributed by atoms with Crippen LogP contribution in [0.2, 0.25) is 0 Å². The number of benzene rings is 5. The van der Waals surface area contributed by atoms with Crippen molar-refractivity contribution < 1.29 is 4.42 Å². The maximum absolute atomic E-state index is 6.67. The van der Waals surface area contributed by atoms with Gasteiger partial charge in [0.15, 0.2) is 11.4 Å². The molecule has 0 radical (unpaired) electrons. The molecular formula is C39H26N2OS. The van der Waals surface area contributed by atoms with Gasteiger partial charge in [-0.2, -0.15) is 0 Å². The van der Waals surface area contributed by atoms with Crippen molar-refractivity contribution in [2.45, 2.75) is 12.8 Å². The second-order valence-electron chi connectivity index (χ2n) is 11.1. The van der Waals surface area contributed by atoms with Crippen LogP contribution in [0, 0.1) is 0 Å². The summed E-state index contributed by atoms with van der Waals surface area (Å²) in [5, 5.41) is 4.79. The van der Waals surface area contributed by atoms with Crippen LogP contribution < -0.4 is 4.90 Å². The van der Waals surface area contributed by atoms with Gasteiger partial charge in [-0.3, -0.25) is 4.90 Å². The summed E-state index contributed by atoms with van der Waals surface area (Å²) in [7, 11) is 0. The molecule has 0 spiro atoms. The minimum atomic E-state index is 0.786. The van der Waals surface area contributed by atoms with Crippen molar-refractivity contribution >= 4 is 76.7 Å². The normalized spacial score (nSPS) is 12.8. The van der Waals surface area contributed by atoms with Gasteiger partial charge in [0.2, 0.25) is 0 Å². The van der Waals surface area contributed by atoms with Gasteiger partial charge in [0, 0.05) is 48.5 Å². The number of thiophene rings is 1. The Balaban J connectivity index is 1.29. The molecule has 43 heavy (non-hydrogen) atoms. The second kappa shape index (κ2) is 9.69. The number of aryl methyl sites for hydroxylation is 1. The van der Waals surface area contributed by atoms with Gasteiger partial charge in [-0.05, 0) is 83.6 Å². The van der Waals surface area contributed by atoms with E-state index in [1.807, 2.05) is 17.5 Å². The quantitative estimate of drug-likeness (QED) is 0.211. The molecule has 1 aliphatic carbocycles. The number of allylic oxidation sites excluding steroid dienone is 1. The molecule has 0 aliphatic heterocycles. The molecule has 1 aliphatic rings. The Morgan fingerprint density at radius 2 is 1.47 bits per heavy atom. The third-order valence-corrected chi connectivity index (χ3v) is 9.74.